The van der Waals surface area contributed by atoms with Crippen LogP contribution >= 0.6 is 12.4 Å². The van der Waals surface area contributed by atoms with E-state index in [4.69, 9.17) is 4.74 Å². The van der Waals surface area contributed by atoms with Crippen LogP contribution in [0.5, 0.6) is 5.75 Å². The Morgan fingerprint density at radius 3 is 2.75 bits per heavy atom. The molecule has 2 amide bonds. The van der Waals surface area contributed by atoms with Crippen molar-refractivity contribution < 1.29 is 14.3 Å². The van der Waals surface area contributed by atoms with Gasteiger partial charge in [-0.2, -0.15) is 0 Å². The van der Waals surface area contributed by atoms with E-state index < -0.39 is 0 Å². The molecular weight excluding hydrogens is 378 g/mol. The van der Waals surface area contributed by atoms with Crippen molar-refractivity contribution in [1.29, 1.82) is 0 Å². The average molecular weight is 410 g/mol. The summed E-state index contributed by atoms with van der Waals surface area (Å²) in [4.78, 5) is 26.8. The first-order valence-corrected chi connectivity index (χ1v) is 10.1. The van der Waals surface area contributed by atoms with Crippen molar-refractivity contribution in [2.75, 3.05) is 33.3 Å². The molecule has 7 heteroatoms. The van der Waals surface area contributed by atoms with Crippen LogP contribution in [0.25, 0.3) is 0 Å². The van der Waals surface area contributed by atoms with Crippen LogP contribution in [0.1, 0.15) is 50.1 Å². The highest BCUT2D eigenvalue weighted by molar-refractivity contribution is 5.85. The molecule has 156 valence electrons. The normalized spacial score (nSPS) is 19.8. The van der Waals surface area contributed by atoms with Crippen molar-refractivity contribution in [1.82, 2.24) is 15.5 Å². The van der Waals surface area contributed by atoms with Gasteiger partial charge in [0.2, 0.25) is 11.8 Å². The average Bonchev–Trinajstić information content (AvgIpc) is 3.24. The van der Waals surface area contributed by atoms with Crippen molar-refractivity contribution in [2.45, 2.75) is 44.6 Å². The van der Waals surface area contributed by atoms with Crippen LogP contribution in [0.4, 0.5) is 0 Å². The summed E-state index contributed by atoms with van der Waals surface area (Å²) in [5, 5.41) is 6.17. The molecule has 1 saturated heterocycles. The number of hydrogen-bond donors (Lipinski definition) is 2. The monoisotopic (exact) mass is 409 g/mol. The molecule has 1 unspecified atom stereocenters. The topological polar surface area (TPSA) is 70.7 Å². The van der Waals surface area contributed by atoms with Gasteiger partial charge in [0.15, 0.2) is 0 Å². The first-order chi connectivity index (χ1) is 13.2. The molecule has 6 nitrogen and oxygen atoms in total. The molecule has 0 bridgehead atoms. The van der Waals surface area contributed by atoms with Crippen molar-refractivity contribution in [2.24, 2.45) is 5.92 Å². The third-order valence-electron chi connectivity index (χ3n) is 5.75. The largest absolute Gasteiger partial charge is 0.496 e. The van der Waals surface area contributed by atoms with E-state index in [-0.39, 0.29) is 36.8 Å². The second kappa shape index (κ2) is 11.3. The van der Waals surface area contributed by atoms with Gasteiger partial charge in [0.25, 0.3) is 0 Å². The van der Waals surface area contributed by atoms with E-state index in [1.54, 1.807) is 7.11 Å². The van der Waals surface area contributed by atoms with Crippen LogP contribution in [0.2, 0.25) is 0 Å². The van der Waals surface area contributed by atoms with Gasteiger partial charge in [-0.3, -0.25) is 9.59 Å². The maximum Gasteiger partial charge on any atom is 0.242 e. The Morgan fingerprint density at radius 2 is 2.00 bits per heavy atom. The number of carbonyl (C=O) groups is 2. The lowest BCUT2D eigenvalue weighted by Crippen LogP contribution is -2.51. The number of rotatable bonds is 7. The highest BCUT2D eigenvalue weighted by atomic mass is 35.5. The summed E-state index contributed by atoms with van der Waals surface area (Å²) in [5.41, 5.74) is 0.994. The summed E-state index contributed by atoms with van der Waals surface area (Å²) in [6, 6.07) is 7.71. The zero-order valence-electron chi connectivity index (χ0n) is 16.6. The van der Waals surface area contributed by atoms with Gasteiger partial charge in [-0.15, -0.1) is 12.4 Å². The van der Waals surface area contributed by atoms with Gasteiger partial charge in [-0.05, 0) is 18.4 Å². The lowest BCUT2D eigenvalue weighted by Gasteiger charge is -2.37. The van der Waals surface area contributed by atoms with Gasteiger partial charge in [0.1, 0.15) is 5.75 Å². The molecule has 0 radical (unpaired) electrons. The van der Waals surface area contributed by atoms with Gasteiger partial charge < -0.3 is 20.3 Å². The number of carbonyl (C=O) groups excluding carboxylic acids is 2. The first kappa shape index (κ1) is 22.5. The van der Waals surface area contributed by atoms with E-state index in [1.165, 1.54) is 25.7 Å². The standard InChI is InChI=1S/C21H31N3O3.ClH/c1-27-19-9-5-4-8-17(19)18-14-22-12-13-24(18)21(26)15-23-20(25)11-10-16-6-2-3-7-16;/h4-5,8-9,16,18,22H,2-3,6-7,10-15H2,1H3,(H,23,25);1H. The van der Waals surface area contributed by atoms with Gasteiger partial charge in [0.05, 0.1) is 19.7 Å². The molecule has 28 heavy (non-hydrogen) atoms. The van der Waals surface area contributed by atoms with Crippen molar-refractivity contribution in [3.05, 3.63) is 29.8 Å². The molecule has 1 heterocycles. The lowest BCUT2D eigenvalue weighted by molar-refractivity contribution is -0.135. The number of para-hydroxylation sites is 1. The molecule has 2 aliphatic rings. The number of hydrogen-bond acceptors (Lipinski definition) is 4. The fraction of sp³-hybridized carbons (Fsp3) is 0.619. The third kappa shape index (κ3) is 5.85. The number of nitrogens with zero attached hydrogens (tertiary/aromatic N) is 1. The fourth-order valence-corrected chi connectivity index (χ4v) is 4.22. The molecule has 1 aliphatic carbocycles. The second-order valence-electron chi connectivity index (χ2n) is 7.51. The van der Waals surface area contributed by atoms with E-state index >= 15 is 0 Å². The zero-order chi connectivity index (χ0) is 19.1. The van der Waals surface area contributed by atoms with Crippen molar-refractivity contribution in [3.8, 4) is 5.75 Å². The lowest BCUT2D eigenvalue weighted by atomic mass is 10.0. The number of ether oxygens (including phenoxy) is 1. The summed E-state index contributed by atoms with van der Waals surface area (Å²) in [7, 11) is 1.64. The number of methoxy groups -OCH3 is 1. The highest BCUT2D eigenvalue weighted by Gasteiger charge is 2.29. The Bertz CT molecular complexity index is 650. The van der Waals surface area contributed by atoms with Crippen LogP contribution in [0.15, 0.2) is 24.3 Å². The summed E-state index contributed by atoms with van der Waals surface area (Å²) in [6.45, 7) is 2.13. The predicted molar refractivity (Wildman–Crippen MR) is 112 cm³/mol. The summed E-state index contributed by atoms with van der Waals surface area (Å²) >= 11 is 0. The Hall–Kier alpha value is -1.79. The third-order valence-corrected chi connectivity index (χ3v) is 5.75. The Balaban J connectivity index is 0.00000280. The smallest absolute Gasteiger partial charge is 0.242 e. The van der Waals surface area contributed by atoms with E-state index in [0.29, 0.717) is 25.4 Å². The number of halogens is 1. The van der Waals surface area contributed by atoms with Crippen LogP contribution in [0.3, 0.4) is 0 Å². The number of piperazine rings is 1. The quantitative estimate of drug-likeness (QED) is 0.726. The van der Waals surface area contributed by atoms with Gasteiger partial charge in [0, 0.05) is 31.6 Å². The molecule has 2 N–H and O–H groups in total. The Morgan fingerprint density at radius 1 is 1.25 bits per heavy atom. The van der Waals surface area contributed by atoms with Crippen molar-refractivity contribution in [3.63, 3.8) is 0 Å². The van der Waals surface area contributed by atoms with Gasteiger partial charge >= 0.3 is 0 Å². The van der Waals surface area contributed by atoms with Gasteiger partial charge in [-0.25, -0.2) is 0 Å². The second-order valence-corrected chi connectivity index (χ2v) is 7.51. The van der Waals surface area contributed by atoms with Crippen molar-refractivity contribution >= 4 is 24.2 Å². The molecule has 1 aromatic carbocycles. The highest BCUT2D eigenvalue weighted by Crippen LogP contribution is 2.30. The number of nitrogens with one attached hydrogen (secondary N) is 2. The Labute approximate surface area is 173 Å². The minimum Gasteiger partial charge on any atom is -0.496 e. The van der Waals surface area contributed by atoms with Crippen LogP contribution < -0.4 is 15.4 Å². The minimum atomic E-state index is -0.0854. The molecule has 0 spiro atoms. The van der Waals surface area contributed by atoms with E-state index in [1.807, 2.05) is 29.2 Å². The minimum absolute atomic E-state index is 0. The predicted octanol–water partition coefficient (Wildman–Crippen LogP) is 2.68. The SMILES string of the molecule is COc1ccccc1C1CNCCN1C(=O)CNC(=O)CCC1CCCC1.Cl. The van der Waals surface area contributed by atoms with E-state index in [2.05, 4.69) is 10.6 Å². The fourth-order valence-electron chi connectivity index (χ4n) is 4.22. The molecule has 1 atom stereocenters. The molecule has 1 saturated carbocycles. The Kier molecular flexibility index (Phi) is 9.06. The summed E-state index contributed by atoms with van der Waals surface area (Å²) in [6.07, 6.45) is 6.53. The van der Waals surface area contributed by atoms with Crippen LogP contribution in [-0.2, 0) is 9.59 Å². The molecule has 2 fully saturated rings. The maximum absolute atomic E-state index is 12.8. The zero-order valence-corrected chi connectivity index (χ0v) is 17.4. The summed E-state index contributed by atoms with van der Waals surface area (Å²) < 4.78 is 5.47. The van der Waals surface area contributed by atoms with E-state index in [0.717, 1.165) is 24.3 Å². The number of amides is 2. The first-order valence-electron chi connectivity index (χ1n) is 10.1. The van der Waals surface area contributed by atoms with E-state index in [9.17, 15) is 9.59 Å². The van der Waals surface area contributed by atoms with Gasteiger partial charge in [-0.1, -0.05) is 43.9 Å². The van der Waals surface area contributed by atoms with Crippen LogP contribution in [-0.4, -0.2) is 50.0 Å². The molecule has 0 aromatic heterocycles. The molecule has 1 aromatic rings. The molecular formula is C21H32ClN3O3. The summed E-state index contributed by atoms with van der Waals surface area (Å²) in [5.74, 6) is 1.42. The number of benzene rings is 1. The maximum atomic E-state index is 12.8. The molecule has 1 aliphatic heterocycles. The molecule has 3 rings (SSSR count). The van der Waals surface area contributed by atoms with Crippen LogP contribution in [0, 0.1) is 5.92 Å².